The topological polar surface area (TPSA) is 41.5 Å². The standard InChI is InChI=1S/C16H17Br2NO2/c1-3-21-16-13(17)6-11(7-14(16)18)9-19-12-5-4-10(2)15(20)8-12/h4-8,19-20H,3,9H2,1-2H3. The van der Waals surface area contributed by atoms with Gasteiger partial charge in [-0.1, -0.05) is 6.07 Å². The highest BCUT2D eigenvalue weighted by Gasteiger charge is 2.08. The molecule has 0 atom stereocenters. The Kier molecular flexibility index (Phi) is 5.53. The third-order valence-corrected chi connectivity index (χ3v) is 4.23. The Morgan fingerprint density at radius 1 is 1.14 bits per heavy atom. The van der Waals surface area contributed by atoms with Gasteiger partial charge in [0.05, 0.1) is 15.6 Å². The Morgan fingerprint density at radius 3 is 2.38 bits per heavy atom. The second-order valence-electron chi connectivity index (χ2n) is 4.68. The number of phenolic OH excluding ortho intramolecular Hbond substituents is 1. The summed E-state index contributed by atoms with van der Waals surface area (Å²) in [6.45, 7) is 5.11. The van der Waals surface area contributed by atoms with Crippen LogP contribution in [0.15, 0.2) is 39.3 Å². The van der Waals surface area contributed by atoms with Gasteiger partial charge in [-0.05, 0) is 75.0 Å². The molecular formula is C16H17Br2NO2. The van der Waals surface area contributed by atoms with Crippen LogP contribution in [0.4, 0.5) is 5.69 Å². The van der Waals surface area contributed by atoms with Crippen molar-refractivity contribution in [3.05, 3.63) is 50.4 Å². The minimum atomic E-state index is 0.300. The molecule has 0 spiro atoms. The van der Waals surface area contributed by atoms with E-state index in [1.807, 2.05) is 38.1 Å². The lowest BCUT2D eigenvalue weighted by Gasteiger charge is -2.12. The number of halogens is 2. The van der Waals surface area contributed by atoms with Crippen LogP contribution >= 0.6 is 31.9 Å². The van der Waals surface area contributed by atoms with Crippen molar-refractivity contribution in [1.29, 1.82) is 0 Å². The molecular weight excluding hydrogens is 398 g/mol. The number of nitrogens with one attached hydrogen (secondary N) is 1. The number of hydrogen-bond acceptors (Lipinski definition) is 3. The minimum absolute atomic E-state index is 0.300. The van der Waals surface area contributed by atoms with Gasteiger partial charge in [0.15, 0.2) is 0 Å². The molecule has 3 nitrogen and oxygen atoms in total. The molecule has 0 saturated carbocycles. The largest absolute Gasteiger partial charge is 0.508 e. The third-order valence-electron chi connectivity index (χ3n) is 3.05. The highest BCUT2D eigenvalue weighted by Crippen LogP contribution is 2.35. The number of hydrogen-bond donors (Lipinski definition) is 2. The molecule has 0 aliphatic heterocycles. The van der Waals surface area contributed by atoms with Crippen molar-refractivity contribution in [2.45, 2.75) is 20.4 Å². The first-order valence-corrected chi connectivity index (χ1v) is 8.24. The van der Waals surface area contributed by atoms with E-state index in [0.29, 0.717) is 18.9 Å². The maximum absolute atomic E-state index is 9.71. The predicted molar refractivity (Wildman–Crippen MR) is 93.2 cm³/mol. The molecule has 2 N–H and O–H groups in total. The maximum atomic E-state index is 9.71. The number of rotatable bonds is 5. The molecule has 21 heavy (non-hydrogen) atoms. The Balaban J connectivity index is 2.11. The molecule has 112 valence electrons. The molecule has 0 heterocycles. The molecule has 0 amide bonds. The van der Waals surface area contributed by atoms with Crippen LogP contribution in [-0.4, -0.2) is 11.7 Å². The van der Waals surface area contributed by atoms with E-state index >= 15 is 0 Å². The number of benzene rings is 2. The molecule has 2 rings (SSSR count). The number of ether oxygens (including phenoxy) is 1. The zero-order valence-electron chi connectivity index (χ0n) is 11.9. The van der Waals surface area contributed by atoms with Gasteiger partial charge >= 0.3 is 0 Å². The molecule has 0 bridgehead atoms. The van der Waals surface area contributed by atoms with Gasteiger partial charge in [-0.25, -0.2) is 0 Å². The van der Waals surface area contributed by atoms with Crippen molar-refractivity contribution in [1.82, 2.24) is 0 Å². The van der Waals surface area contributed by atoms with Gasteiger partial charge < -0.3 is 15.2 Å². The Labute approximate surface area is 141 Å². The van der Waals surface area contributed by atoms with Crippen molar-refractivity contribution < 1.29 is 9.84 Å². The molecule has 0 unspecified atom stereocenters. The van der Waals surface area contributed by atoms with E-state index in [4.69, 9.17) is 4.74 Å². The zero-order chi connectivity index (χ0) is 15.4. The van der Waals surface area contributed by atoms with Crippen LogP contribution in [0.25, 0.3) is 0 Å². The Bertz CT molecular complexity index is 621. The molecule has 2 aromatic carbocycles. The fourth-order valence-corrected chi connectivity index (χ4v) is 3.43. The van der Waals surface area contributed by atoms with E-state index in [9.17, 15) is 5.11 Å². The first-order chi connectivity index (χ1) is 10.0. The van der Waals surface area contributed by atoms with Gasteiger partial charge in [-0.2, -0.15) is 0 Å². The van der Waals surface area contributed by atoms with Crippen molar-refractivity contribution >= 4 is 37.5 Å². The van der Waals surface area contributed by atoms with Gasteiger partial charge in [0.1, 0.15) is 11.5 Å². The molecule has 0 aliphatic carbocycles. The quantitative estimate of drug-likeness (QED) is 0.703. The fraction of sp³-hybridized carbons (Fsp3) is 0.250. The molecule has 0 aromatic heterocycles. The second-order valence-corrected chi connectivity index (χ2v) is 6.39. The normalized spacial score (nSPS) is 10.5. The van der Waals surface area contributed by atoms with E-state index in [-0.39, 0.29) is 0 Å². The van der Waals surface area contributed by atoms with E-state index in [2.05, 4.69) is 37.2 Å². The Hall–Kier alpha value is -1.20. The first kappa shape index (κ1) is 16.2. The smallest absolute Gasteiger partial charge is 0.147 e. The average molecular weight is 415 g/mol. The van der Waals surface area contributed by atoms with Crippen LogP contribution in [0.3, 0.4) is 0 Å². The highest BCUT2D eigenvalue weighted by atomic mass is 79.9. The maximum Gasteiger partial charge on any atom is 0.147 e. The van der Waals surface area contributed by atoms with Crippen LogP contribution in [0.5, 0.6) is 11.5 Å². The molecule has 2 aromatic rings. The molecule has 5 heteroatoms. The van der Waals surface area contributed by atoms with Gasteiger partial charge in [0.25, 0.3) is 0 Å². The lowest BCUT2D eigenvalue weighted by Crippen LogP contribution is -2.01. The molecule has 0 radical (unpaired) electrons. The van der Waals surface area contributed by atoms with E-state index < -0.39 is 0 Å². The number of anilines is 1. The predicted octanol–water partition coefficient (Wildman–Crippen LogP) is 5.24. The van der Waals surface area contributed by atoms with Crippen LogP contribution in [-0.2, 0) is 6.54 Å². The number of phenols is 1. The number of aromatic hydroxyl groups is 1. The van der Waals surface area contributed by atoms with Crippen LogP contribution < -0.4 is 10.1 Å². The van der Waals surface area contributed by atoms with Gasteiger partial charge in [-0.15, -0.1) is 0 Å². The summed E-state index contributed by atoms with van der Waals surface area (Å²) in [5.74, 6) is 1.11. The summed E-state index contributed by atoms with van der Waals surface area (Å²) in [4.78, 5) is 0. The van der Waals surface area contributed by atoms with E-state index in [1.165, 1.54) is 0 Å². The van der Waals surface area contributed by atoms with E-state index in [1.54, 1.807) is 6.07 Å². The summed E-state index contributed by atoms with van der Waals surface area (Å²) in [6, 6.07) is 9.62. The third kappa shape index (κ3) is 4.14. The summed E-state index contributed by atoms with van der Waals surface area (Å²) in [7, 11) is 0. The average Bonchev–Trinajstić information content (AvgIpc) is 2.44. The van der Waals surface area contributed by atoms with Gasteiger partial charge in [0.2, 0.25) is 0 Å². The molecule has 0 saturated heterocycles. The van der Waals surface area contributed by atoms with Crippen LogP contribution in [0.1, 0.15) is 18.1 Å². The van der Waals surface area contributed by atoms with E-state index in [0.717, 1.165) is 31.5 Å². The summed E-state index contributed by atoms with van der Waals surface area (Å²) in [5, 5.41) is 13.0. The first-order valence-electron chi connectivity index (χ1n) is 6.65. The lowest BCUT2D eigenvalue weighted by molar-refractivity contribution is 0.336. The molecule has 0 aliphatic rings. The number of aryl methyl sites for hydroxylation is 1. The minimum Gasteiger partial charge on any atom is -0.508 e. The summed E-state index contributed by atoms with van der Waals surface area (Å²) in [6.07, 6.45) is 0. The summed E-state index contributed by atoms with van der Waals surface area (Å²) >= 11 is 7.05. The zero-order valence-corrected chi connectivity index (χ0v) is 15.1. The second kappa shape index (κ2) is 7.18. The van der Waals surface area contributed by atoms with Crippen molar-refractivity contribution in [3.63, 3.8) is 0 Å². The SMILES string of the molecule is CCOc1c(Br)cc(CNc2ccc(C)c(O)c2)cc1Br. The van der Waals surface area contributed by atoms with Crippen LogP contribution in [0, 0.1) is 6.92 Å². The molecule has 0 fully saturated rings. The summed E-state index contributed by atoms with van der Waals surface area (Å²) in [5.41, 5.74) is 2.86. The van der Waals surface area contributed by atoms with Crippen LogP contribution in [0.2, 0.25) is 0 Å². The summed E-state index contributed by atoms with van der Waals surface area (Å²) < 4.78 is 7.40. The van der Waals surface area contributed by atoms with Crippen molar-refractivity contribution in [2.75, 3.05) is 11.9 Å². The highest BCUT2D eigenvalue weighted by molar-refractivity contribution is 9.11. The van der Waals surface area contributed by atoms with Crippen molar-refractivity contribution in [3.8, 4) is 11.5 Å². The van der Waals surface area contributed by atoms with Gasteiger partial charge in [0, 0.05) is 18.3 Å². The fourth-order valence-electron chi connectivity index (χ4n) is 1.92. The monoisotopic (exact) mass is 413 g/mol. The van der Waals surface area contributed by atoms with Gasteiger partial charge in [-0.3, -0.25) is 0 Å². The van der Waals surface area contributed by atoms with Crippen molar-refractivity contribution in [2.24, 2.45) is 0 Å². The lowest BCUT2D eigenvalue weighted by atomic mass is 10.2. The Morgan fingerprint density at radius 2 is 1.81 bits per heavy atom.